The van der Waals surface area contributed by atoms with Crippen molar-refractivity contribution < 1.29 is 4.74 Å². The molecule has 0 bridgehead atoms. The first-order valence-electron chi connectivity index (χ1n) is 5.31. The largest absolute Gasteiger partial charge is 0.399 e. The van der Waals surface area contributed by atoms with E-state index in [0.29, 0.717) is 19.0 Å². The lowest BCUT2D eigenvalue weighted by Gasteiger charge is -2.42. The van der Waals surface area contributed by atoms with Gasteiger partial charge in [0.15, 0.2) is 0 Å². The van der Waals surface area contributed by atoms with Crippen molar-refractivity contribution in [1.29, 1.82) is 0 Å². The topological polar surface area (TPSA) is 73.6 Å². The average Bonchev–Trinajstić information content (AvgIpc) is 2.23. The van der Waals surface area contributed by atoms with Crippen LogP contribution in [0.3, 0.4) is 0 Å². The molecule has 4 N–H and O–H groups in total. The van der Waals surface area contributed by atoms with Crippen LogP contribution in [0.2, 0.25) is 0 Å². The molecule has 0 aromatic heterocycles. The predicted molar refractivity (Wildman–Crippen MR) is 65.5 cm³/mol. The lowest BCUT2D eigenvalue weighted by atomic mass is 9.75. The van der Waals surface area contributed by atoms with Crippen LogP contribution in [0.1, 0.15) is 12.0 Å². The summed E-state index contributed by atoms with van der Waals surface area (Å²) in [4.78, 5) is 4.01. The van der Waals surface area contributed by atoms with Gasteiger partial charge in [-0.05, 0) is 17.7 Å². The molecule has 86 valence electrons. The second kappa shape index (κ2) is 4.14. The number of aliphatic imine (C=N–C) groups is 1. The second-order valence-electron chi connectivity index (χ2n) is 4.29. The van der Waals surface area contributed by atoms with Gasteiger partial charge in [-0.2, -0.15) is 0 Å². The Kier molecular flexibility index (Phi) is 2.83. The number of hydrogen-bond donors (Lipinski definition) is 2. The summed E-state index contributed by atoms with van der Waals surface area (Å²) in [7, 11) is 1.71. The Morgan fingerprint density at radius 3 is 2.75 bits per heavy atom. The highest BCUT2D eigenvalue weighted by Gasteiger charge is 2.41. The zero-order valence-electron chi connectivity index (χ0n) is 9.44. The van der Waals surface area contributed by atoms with E-state index in [1.54, 1.807) is 7.05 Å². The van der Waals surface area contributed by atoms with Crippen LogP contribution in [0.4, 0.5) is 5.69 Å². The van der Waals surface area contributed by atoms with E-state index in [0.717, 1.165) is 12.1 Å². The van der Waals surface area contributed by atoms with Gasteiger partial charge in [-0.25, -0.2) is 0 Å². The number of anilines is 1. The Balaban J connectivity index is 2.28. The summed E-state index contributed by atoms with van der Waals surface area (Å²) >= 11 is 0. The first-order chi connectivity index (χ1) is 7.66. The zero-order valence-corrected chi connectivity index (χ0v) is 9.44. The number of amidine groups is 1. The molecular formula is C12H17N3O. The molecule has 0 radical (unpaired) electrons. The van der Waals surface area contributed by atoms with E-state index in [9.17, 15) is 0 Å². The van der Waals surface area contributed by atoms with E-state index in [-0.39, 0.29) is 5.41 Å². The number of nitrogens with zero attached hydrogens (tertiary/aromatic N) is 1. The van der Waals surface area contributed by atoms with Gasteiger partial charge in [-0.1, -0.05) is 12.1 Å². The van der Waals surface area contributed by atoms with Gasteiger partial charge in [0.2, 0.25) is 0 Å². The lowest BCUT2D eigenvalue weighted by molar-refractivity contribution is -0.0564. The summed E-state index contributed by atoms with van der Waals surface area (Å²) in [5.41, 5.74) is 13.5. The quantitative estimate of drug-likeness (QED) is 0.451. The van der Waals surface area contributed by atoms with Gasteiger partial charge in [-0.3, -0.25) is 4.99 Å². The maximum absolute atomic E-state index is 5.81. The van der Waals surface area contributed by atoms with E-state index < -0.39 is 0 Å². The normalized spacial score (nSPS) is 19.2. The Bertz CT molecular complexity index is 410. The third-order valence-electron chi connectivity index (χ3n) is 3.06. The highest BCUT2D eigenvalue weighted by Crippen LogP contribution is 2.36. The minimum Gasteiger partial charge on any atom is -0.399 e. The minimum atomic E-state index is -0.0288. The molecule has 0 saturated carbocycles. The van der Waals surface area contributed by atoms with Gasteiger partial charge in [0.05, 0.1) is 19.0 Å². The van der Waals surface area contributed by atoms with Gasteiger partial charge in [0.1, 0.15) is 0 Å². The Hall–Kier alpha value is -1.55. The third-order valence-corrected chi connectivity index (χ3v) is 3.06. The fourth-order valence-electron chi connectivity index (χ4n) is 2.01. The van der Waals surface area contributed by atoms with Crippen molar-refractivity contribution in [2.24, 2.45) is 10.7 Å². The van der Waals surface area contributed by atoms with Crippen molar-refractivity contribution >= 4 is 11.5 Å². The van der Waals surface area contributed by atoms with Gasteiger partial charge >= 0.3 is 0 Å². The fraction of sp³-hybridized carbons (Fsp3) is 0.417. The Morgan fingerprint density at radius 2 is 2.25 bits per heavy atom. The van der Waals surface area contributed by atoms with Gasteiger partial charge < -0.3 is 16.2 Å². The lowest BCUT2D eigenvalue weighted by Crippen LogP contribution is -2.49. The molecule has 1 aliphatic rings. The van der Waals surface area contributed by atoms with Crippen molar-refractivity contribution in [3.05, 3.63) is 29.8 Å². The van der Waals surface area contributed by atoms with Crippen LogP contribution in [0.25, 0.3) is 0 Å². The number of nitrogen functional groups attached to an aromatic ring is 1. The summed E-state index contributed by atoms with van der Waals surface area (Å²) in [5, 5.41) is 0. The average molecular weight is 219 g/mol. The number of benzene rings is 1. The SMILES string of the molecule is CN=C(N)CC1(c2cccc(N)c2)COC1. The number of hydrogen-bond acceptors (Lipinski definition) is 3. The van der Waals surface area contributed by atoms with E-state index in [2.05, 4.69) is 11.1 Å². The Morgan fingerprint density at radius 1 is 1.50 bits per heavy atom. The molecule has 0 amide bonds. The molecule has 4 heteroatoms. The molecule has 16 heavy (non-hydrogen) atoms. The number of rotatable bonds is 3. The van der Waals surface area contributed by atoms with E-state index in [1.165, 1.54) is 5.56 Å². The third kappa shape index (κ3) is 1.88. The van der Waals surface area contributed by atoms with Crippen molar-refractivity contribution in [3.63, 3.8) is 0 Å². The van der Waals surface area contributed by atoms with E-state index in [4.69, 9.17) is 16.2 Å². The Labute approximate surface area is 95.3 Å². The molecule has 1 aromatic carbocycles. The van der Waals surface area contributed by atoms with Crippen LogP contribution in [-0.4, -0.2) is 26.1 Å². The van der Waals surface area contributed by atoms with Gasteiger partial charge in [0, 0.05) is 24.6 Å². The van der Waals surface area contributed by atoms with Crippen LogP contribution in [0.5, 0.6) is 0 Å². The summed E-state index contributed by atoms with van der Waals surface area (Å²) in [6.45, 7) is 1.37. The molecule has 0 unspecified atom stereocenters. The highest BCUT2D eigenvalue weighted by molar-refractivity contribution is 5.82. The van der Waals surface area contributed by atoms with Crippen molar-refractivity contribution in [1.82, 2.24) is 0 Å². The first kappa shape index (κ1) is 11.0. The van der Waals surface area contributed by atoms with Crippen molar-refractivity contribution in [3.8, 4) is 0 Å². The molecule has 1 aliphatic heterocycles. The molecular weight excluding hydrogens is 202 g/mol. The van der Waals surface area contributed by atoms with Gasteiger partial charge in [0.25, 0.3) is 0 Å². The summed E-state index contributed by atoms with van der Waals surface area (Å²) in [6.07, 6.45) is 0.729. The fourth-order valence-corrected chi connectivity index (χ4v) is 2.01. The molecule has 1 saturated heterocycles. The predicted octanol–water partition coefficient (Wildman–Crippen LogP) is 0.914. The maximum atomic E-state index is 5.81. The molecule has 1 heterocycles. The standard InChI is InChI=1S/C12H17N3O/c1-15-11(14)6-12(7-16-8-12)9-3-2-4-10(13)5-9/h2-5H,6-8,13H2,1H3,(H2,14,15). The molecule has 0 aliphatic carbocycles. The molecule has 0 atom stereocenters. The summed E-state index contributed by atoms with van der Waals surface area (Å²) in [5.74, 6) is 0.658. The molecule has 2 rings (SSSR count). The monoisotopic (exact) mass is 219 g/mol. The van der Waals surface area contributed by atoms with Crippen LogP contribution in [0.15, 0.2) is 29.3 Å². The van der Waals surface area contributed by atoms with Crippen molar-refractivity contribution in [2.45, 2.75) is 11.8 Å². The molecule has 1 fully saturated rings. The maximum Gasteiger partial charge on any atom is 0.0944 e. The van der Waals surface area contributed by atoms with E-state index >= 15 is 0 Å². The summed E-state index contributed by atoms with van der Waals surface area (Å²) in [6, 6.07) is 7.91. The zero-order chi connectivity index (χ0) is 11.6. The molecule has 4 nitrogen and oxygen atoms in total. The second-order valence-corrected chi connectivity index (χ2v) is 4.29. The minimum absolute atomic E-state index is 0.0288. The number of ether oxygens (including phenoxy) is 1. The molecule has 0 spiro atoms. The molecule has 1 aromatic rings. The van der Waals surface area contributed by atoms with Crippen LogP contribution >= 0.6 is 0 Å². The van der Waals surface area contributed by atoms with Crippen LogP contribution in [-0.2, 0) is 10.2 Å². The first-order valence-corrected chi connectivity index (χ1v) is 5.31. The van der Waals surface area contributed by atoms with Gasteiger partial charge in [-0.15, -0.1) is 0 Å². The van der Waals surface area contributed by atoms with Crippen molar-refractivity contribution in [2.75, 3.05) is 26.0 Å². The number of nitrogens with two attached hydrogens (primary N) is 2. The van der Waals surface area contributed by atoms with Crippen LogP contribution in [0, 0.1) is 0 Å². The summed E-state index contributed by atoms with van der Waals surface area (Å²) < 4.78 is 5.33. The van der Waals surface area contributed by atoms with E-state index in [1.807, 2.05) is 18.2 Å². The highest BCUT2D eigenvalue weighted by atomic mass is 16.5. The van der Waals surface area contributed by atoms with Crippen LogP contribution < -0.4 is 11.5 Å². The smallest absolute Gasteiger partial charge is 0.0944 e.